The van der Waals surface area contributed by atoms with Gasteiger partial charge in [0.25, 0.3) is 5.91 Å². The van der Waals surface area contributed by atoms with Crippen LogP contribution in [-0.2, 0) is 14.3 Å². The lowest BCUT2D eigenvalue weighted by molar-refractivity contribution is -0.142. The van der Waals surface area contributed by atoms with E-state index in [9.17, 15) is 9.59 Å². The van der Waals surface area contributed by atoms with Crippen LogP contribution in [0.2, 0.25) is 0 Å². The van der Waals surface area contributed by atoms with E-state index in [1.165, 1.54) is 6.08 Å². The summed E-state index contributed by atoms with van der Waals surface area (Å²) in [5, 5.41) is 8.79. The monoisotopic (exact) mass is 183 g/mol. The Morgan fingerprint density at radius 3 is 2.77 bits per heavy atom. The summed E-state index contributed by atoms with van der Waals surface area (Å²) < 4.78 is 5.25. The molecule has 2 heterocycles. The number of nitrogens with two attached hydrogens (primary N) is 1. The van der Waals surface area contributed by atoms with Gasteiger partial charge in [-0.15, -0.1) is 0 Å². The molecule has 0 radical (unpaired) electrons. The minimum absolute atomic E-state index is 0.00347. The summed E-state index contributed by atoms with van der Waals surface area (Å²) >= 11 is 0. The van der Waals surface area contributed by atoms with Crippen molar-refractivity contribution < 1.29 is 19.4 Å². The standard InChI is InChI=1S/C8H9NO4/c9-7(12)8-2-1-4(13-8)3-5(8)6(10)11/h3-4H,1-2H2,(H2,9,12)(H,10,11). The Morgan fingerprint density at radius 1 is 1.69 bits per heavy atom. The Kier molecular flexibility index (Phi) is 1.47. The maximum absolute atomic E-state index is 11.1. The van der Waals surface area contributed by atoms with Gasteiger partial charge in [0.1, 0.15) is 0 Å². The first-order valence-corrected chi connectivity index (χ1v) is 3.99. The first-order chi connectivity index (χ1) is 6.06. The summed E-state index contributed by atoms with van der Waals surface area (Å²) in [6.07, 6.45) is 2.26. The zero-order valence-electron chi connectivity index (χ0n) is 6.82. The third kappa shape index (κ3) is 0.904. The van der Waals surface area contributed by atoms with Crippen LogP contribution in [0.25, 0.3) is 0 Å². The normalized spacial score (nSPS) is 36.0. The van der Waals surface area contributed by atoms with Gasteiger partial charge in [-0.2, -0.15) is 0 Å². The molecule has 2 atom stereocenters. The number of aliphatic carboxylic acids is 1. The number of amides is 1. The summed E-state index contributed by atoms with van der Waals surface area (Å²) in [5.74, 6) is -1.83. The van der Waals surface area contributed by atoms with Crippen LogP contribution < -0.4 is 5.73 Å². The molecule has 0 saturated carbocycles. The molecule has 5 heteroatoms. The Balaban J connectivity index is 2.44. The van der Waals surface area contributed by atoms with Gasteiger partial charge in [-0.3, -0.25) is 4.79 Å². The molecule has 1 amide bonds. The number of hydrogen-bond acceptors (Lipinski definition) is 3. The second kappa shape index (κ2) is 2.32. The van der Waals surface area contributed by atoms with E-state index in [-0.39, 0.29) is 11.7 Å². The van der Waals surface area contributed by atoms with E-state index in [4.69, 9.17) is 15.6 Å². The zero-order chi connectivity index (χ0) is 9.64. The lowest BCUT2D eigenvalue weighted by Crippen LogP contribution is -2.45. The van der Waals surface area contributed by atoms with Crippen molar-refractivity contribution in [3.63, 3.8) is 0 Å². The zero-order valence-corrected chi connectivity index (χ0v) is 6.82. The van der Waals surface area contributed by atoms with Gasteiger partial charge in [0.15, 0.2) is 5.60 Å². The molecule has 70 valence electrons. The molecule has 0 aromatic carbocycles. The van der Waals surface area contributed by atoms with Crippen LogP contribution in [0.15, 0.2) is 11.6 Å². The molecule has 5 nitrogen and oxygen atoms in total. The van der Waals surface area contributed by atoms with Crippen molar-refractivity contribution in [1.29, 1.82) is 0 Å². The maximum atomic E-state index is 11.1. The fourth-order valence-corrected chi connectivity index (χ4v) is 1.92. The Morgan fingerprint density at radius 2 is 2.38 bits per heavy atom. The summed E-state index contributed by atoms with van der Waals surface area (Å²) in [6, 6.07) is 0. The van der Waals surface area contributed by atoms with Crippen LogP contribution >= 0.6 is 0 Å². The highest BCUT2D eigenvalue weighted by atomic mass is 16.5. The number of hydrogen-bond donors (Lipinski definition) is 2. The van der Waals surface area contributed by atoms with E-state index in [0.717, 1.165) is 0 Å². The summed E-state index contributed by atoms with van der Waals surface area (Å²) in [5.41, 5.74) is 3.78. The quantitative estimate of drug-likeness (QED) is 0.599. The minimum Gasteiger partial charge on any atom is -0.478 e. The first kappa shape index (κ1) is 8.25. The third-order valence-corrected chi connectivity index (χ3v) is 2.55. The average molecular weight is 183 g/mol. The molecular weight excluding hydrogens is 174 g/mol. The summed E-state index contributed by atoms with van der Waals surface area (Å²) in [7, 11) is 0. The van der Waals surface area contributed by atoms with Crippen molar-refractivity contribution in [1.82, 2.24) is 0 Å². The van der Waals surface area contributed by atoms with Crippen molar-refractivity contribution in [2.45, 2.75) is 24.5 Å². The number of ether oxygens (including phenoxy) is 1. The van der Waals surface area contributed by atoms with Gasteiger partial charge >= 0.3 is 5.97 Å². The Hall–Kier alpha value is -1.36. The predicted octanol–water partition coefficient (Wildman–Crippen LogP) is -0.586. The van der Waals surface area contributed by atoms with Crippen LogP contribution in [-0.4, -0.2) is 28.7 Å². The number of fused-ring (bicyclic) bond motifs is 2. The average Bonchev–Trinajstić information content (AvgIpc) is 2.60. The van der Waals surface area contributed by atoms with Gasteiger partial charge < -0.3 is 15.6 Å². The Bertz CT molecular complexity index is 322. The highest BCUT2D eigenvalue weighted by Crippen LogP contribution is 2.43. The topological polar surface area (TPSA) is 89.6 Å². The molecule has 0 spiro atoms. The molecule has 1 saturated heterocycles. The molecule has 13 heavy (non-hydrogen) atoms. The molecule has 0 aromatic rings. The van der Waals surface area contributed by atoms with Crippen LogP contribution in [0.1, 0.15) is 12.8 Å². The lowest BCUT2D eigenvalue weighted by Gasteiger charge is -2.21. The van der Waals surface area contributed by atoms with Crippen molar-refractivity contribution in [2.24, 2.45) is 5.73 Å². The van der Waals surface area contributed by atoms with Crippen molar-refractivity contribution in [2.75, 3.05) is 0 Å². The molecule has 2 aliphatic rings. The summed E-state index contributed by atoms with van der Waals surface area (Å²) in [4.78, 5) is 21.8. The summed E-state index contributed by atoms with van der Waals surface area (Å²) in [6.45, 7) is 0. The largest absolute Gasteiger partial charge is 0.478 e. The SMILES string of the molecule is NC(=O)C12CCC(C=C1C(=O)O)O2. The molecule has 1 fully saturated rings. The van der Waals surface area contributed by atoms with E-state index in [2.05, 4.69) is 0 Å². The van der Waals surface area contributed by atoms with Gasteiger partial charge in [0, 0.05) is 0 Å². The van der Waals surface area contributed by atoms with Crippen LogP contribution in [0.3, 0.4) is 0 Å². The maximum Gasteiger partial charge on any atom is 0.334 e. The van der Waals surface area contributed by atoms with Crippen LogP contribution in [0.5, 0.6) is 0 Å². The van der Waals surface area contributed by atoms with Crippen molar-refractivity contribution in [3.8, 4) is 0 Å². The number of primary amides is 1. The third-order valence-electron chi connectivity index (χ3n) is 2.55. The second-order valence-corrected chi connectivity index (χ2v) is 3.27. The molecule has 2 rings (SSSR count). The number of carboxylic acids is 1. The predicted molar refractivity (Wildman–Crippen MR) is 41.8 cm³/mol. The minimum atomic E-state index is -1.35. The van der Waals surface area contributed by atoms with E-state index in [0.29, 0.717) is 12.8 Å². The number of carboxylic acid groups (broad SMARTS) is 1. The van der Waals surface area contributed by atoms with Crippen LogP contribution in [0.4, 0.5) is 0 Å². The van der Waals surface area contributed by atoms with Gasteiger partial charge in [0.2, 0.25) is 0 Å². The highest BCUT2D eigenvalue weighted by molar-refractivity contribution is 6.02. The van der Waals surface area contributed by atoms with Crippen molar-refractivity contribution in [3.05, 3.63) is 11.6 Å². The Labute approximate surface area is 74.2 Å². The van der Waals surface area contributed by atoms with E-state index < -0.39 is 17.5 Å². The smallest absolute Gasteiger partial charge is 0.334 e. The van der Waals surface area contributed by atoms with E-state index in [1.807, 2.05) is 0 Å². The van der Waals surface area contributed by atoms with Gasteiger partial charge in [-0.05, 0) is 18.9 Å². The number of rotatable bonds is 2. The fraction of sp³-hybridized carbons (Fsp3) is 0.500. The van der Waals surface area contributed by atoms with Gasteiger partial charge in [-0.1, -0.05) is 0 Å². The number of carbonyl (C=O) groups is 2. The first-order valence-electron chi connectivity index (χ1n) is 3.99. The molecule has 0 aliphatic carbocycles. The van der Waals surface area contributed by atoms with E-state index >= 15 is 0 Å². The molecule has 2 unspecified atom stereocenters. The fourth-order valence-electron chi connectivity index (χ4n) is 1.92. The number of carbonyl (C=O) groups excluding carboxylic acids is 1. The van der Waals surface area contributed by atoms with Crippen molar-refractivity contribution >= 4 is 11.9 Å². The lowest BCUT2D eigenvalue weighted by atomic mass is 9.86. The molecular formula is C8H9NO4. The van der Waals surface area contributed by atoms with Gasteiger partial charge in [0.05, 0.1) is 11.7 Å². The van der Waals surface area contributed by atoms with Gasteiger partial charge in [-0.25, -0.2) is 4.79 Å². The molecule has 3 N–H and O–H groups in total. The molecule has 0 aromatic heterocycles. The highest BCUT2D eigenvalue weighted by Gasteiger charge is 2.55. The molecule has 2 bridgehead atoms. The van der Waals surface area contributed by atoms with Crippen LogP contribution in [0, 0.1) is 0 Å². The van der Waals surface area contributed by atoms with E-state index in [1.54, 1.807) is 0 Å². The second-order valence-electron chi connectivity index (χ2n) is 3.27. The molecule has 2 aliphatic heterocycles.